The molecule has 0 amide bonds. The second kappa shape index (κ2) is 20.9. The van der Waals surface area contributed by atoms with Gasteiger partial charge in [-0.05, 0) is 85.5 Å². The Morgan fingerprint density at radius 3 is 1.60 bits per heavy atom. The minimum Gasteiger partial charge on any atom is -0.509 e. The second-order valence-corrected chi connectivity index (χ2v) is 23.5. The summed E-state index contributed by atoms with van der Waals surface area (Å²) in [6, 6.07) is 51.5. The van der Waals surface area contributed by atoms with Crippen LogP contribution in [-0.4, -0.2) is 9.55 Å². The predicted molar refractivity (Wildman–Crippen MR) is 330 cm³/mol. The average molecular weight is 1230 g/mol. The van der Waals surface area contributed by atoms with E-state index in [1.165, 1.54) is 0 Å². The smallest absolute Gasteiger partial charge is 0.135 e. The fourth-order valence-electron chi connectivity index (χ4n) is 11.1. The molecule has 6 heteroatoms. The molecule has 3 heterocycles. The van der Waals surface area contributed by atoms with Crippen molar-refractivity contribution >= 4 is 44.6 Å². The van der Waals surface area contributed by atoms with E-state index in [0.717, 1.165) is 49.9 Å². The van der Waals surface area contributed by atoms with Gasteiger partial charge in [-0.3, -0.25) is 0 Å². The van der Waals surface area contributed by atoms with Gasteiger partial charge in [0.05, 0.1) is 13.7 Å². The third-order valence-electron chi connectivity index (χ3n) is 15.6. The van der Waals surface area contributed by atoms with Crippen molar-refractivity contribution in [2.24, 2.45) is 0 Å². The van der Waals surface area contributed by atoms with Crippen LogP contribution < -0.4 is 14.5 Å². The Morgan fingerprint density at radius 1 is 0.487 bits per heavy atom. The molecule has 402 valence electrons. The Morgan fingerprint density at radius 2 is 1.02 bits per heavy atom. The summed E-state index contributed by atoms with van der Waals surface area (Å²) >= 11 is 0. The molecule has 0 N–H and O–H groups in total. The summed E-state index contributed by atoms with van der Waals surface area (Å²) in [5, 5.41) is 2.02. The average Bonchev–Trinajstić information content (AvgIpc) is 0.984. The van der Waals surface area contributed by atoms with Gasteiger partial charge in [-0.25, -0.2) is 4.98 Å². The summed E-state index contributed by atoms with van der Waals surface area (Å²) < 4.78 is 103. The van der Waals surface area contributed by atoms with Crippen molar-refractivity contribution in [3.05, 3.63) is 270 Å². The molecule has 0 fully saturated rings. The van der Waals surface area contributed by atoms with Crippen molar-refractivity contribution in [1.82, 2.24) is 9.55 Å². The van der Waals surface area contributed by atoms with Crippen LogP contribution in [0, 0.1) is 18.8 Å². The van der Waals surface area contributed by atoms with E-state index in [1.807, 2.05) is 184 Å². The quantitative estimate of drug-likeness (QED) is 0.121. The normalized spacial score (nSPS) is 14.7. The monoisotopic (exact) mass is 1230 g/mol. The molecule has 2 aromatic heterocycles. The van der Waals surface area contributed by atoms with Crippen LogP contribution in [0.4, 0.5) is 22.7 Å². The molecule has 0 saturated carbocycles. The van der Waals surface area contributed by atoms with Crippen LogP contribution in [0.2, 0.25) is 0 Å². The zero-order chi connectivity index (χ0) is 63.6. The van der Waals surface area contributed by atoms with Crippen molar-refractivity contribution in [3.8, 4) is 39.6 Å². The van der Waals surface area contributed by atoms with Gasteiger partial charge in [0.15, 0.2) is 0 Å². The SMILES string of the molecule is [2H]c1c([2H])c([2H])c(-c2c(C(C)(C)c3ccccc3)cc(C(C)(C)c3ccccc3)c(-c3c([2H])c([2H])c([2H])c([2H])c3[2H])c2N2[CH-]N(c3[c-]c(Oc4[c-]c5c(cc4)c4ccccc4n5-c4cc(C(C)(C)C)ccn4)cc(C(C)(C)C)c3)c3ccccc32)c([2H])c1[2H].[Pt]. The van der Waals surface area contributed by atoms with Crippen molar-refractivity contribution in [3.63, 3.8) is 0 Å². The van der Waals surface area contributed by atoms with Gasteiger partial charge in [-0.2, -0.15) is 6.07 Å². The number of fused-ring (bicyclic) bond motifs is 4. The zero-order valence-electron chi connectivity index (χ0n) is 56.6. The minimum absolute atomic E-state index is 0. The first-order chi connectivity index (χ1) is 42.1. The van der Waals surface area contributed by atoms with Crippen LogP contribution in [0.3, 0.4) is 0 Å². The van der Waals surface area contributed by atoms with E-state index >= 15 is 0 Å². The fraction of sp³-hybridized carbons (Fsp3) is 0.189. The Hall–Kier alpha value is -7.98. The number of aromatic nitrogens is 2. The van der Waals surface area contributed by atoms with Crippen molar-refractivity contribution in [2.45, 2.75) is 90.9 Å². The maximum absolute atomic E-state index is 9.89. The Balaban J connectivity index is 0.00000833. The summed E-state index contributed by atoms with van der Waals surface area (Å²) in [5.74, 6) is 1.58. The number of hydrogen-bond acceptors (Lipinski definition) is 4. The largest absolute Gasteiger partial charge is 0.509 e. The molecule has 1 aliphatic rings. The molecule has 0 unspecified atom stereocenters. The van der Waals surface area contributed by atoms with E-state index < -0.39 is 76.7 Å². The zero-order valence-corrected chi connectivity index (χ0v) is 48.9. The first-order valence-electron chi connectivity index (χ1n) is 31.8. The molecule has 0 bridgehead atoms. The topological polar surface area (TPSA) is 33.5 Å². The van der Waals surface area contributed by atoms with Gasteiger partial charge < -0.3 is 19.1 Å². The van der Waals surface area contributed by atoms with E-state index in [4.69, 9.17) is 12.5 Å². The molecule has 0 saturated heterocycles. The number of nitrogens with zero attached hydrogens (tertiary/aromatic N) is 4. The third kappa shape index (κ3) is 9.74. The van der Waals surface area contributed by atoms with E-state index in [-0.39, 0.29) is 54.4 Å². The molecular weight excluding hydrogens is 1160 g/mol. The van der Waals surface area contributed by atoms with Crippen molar-refractivity contribution < 1.29 is 39.5 Å². The molecule has 0 aliphatic carbocycles. The first kappa shape index (κ1) is 42.9. The number of benzene rings is 9. The van der Waals surface area contributed by atoms with Crippen molar-refractivity contribution in [2.75, 3.05) is 9.80 Å². The molecule has 9 aromatic carbocycles. The summed E-state index contributed by atoms with van der Waals surface area (Å²) in [5.41, 5.74) is 6.14. The minimum atomic E-state index is -1.02. The standard InChI is InChI=1S/C74H67N4O.Pt/c1-71(2,3)54-41-42-75-67(45-54)78-63-36-24-23-35-59(63)60-40-39-57(47-66(60)78)79-58-44-55(72(4,5)6)43-56(46-58)76-49-77(65-38-26-25-37-64(65)76)70-68(50-27-15-11-16-28-50)61(73(7,8)52-31-19-13-20-32-52)48-62(69(70)51-29-17-12-18-30-51)74(9,10)53-33-21-14-22-34-53;/h11-45,48-49H,1-10H3;/q-3;/i11D,12D,15D,16D,17D,18D,27D,28D,29D,30D;. The number of ether oxygens (including phenoxy) is 1. The van der Waals surface area contributed by atoms with E-state index in [0.29, 0.717) is 39.7 Å². The van der Waals surface area contributed by atoms with Crippen LogP contribution in [0.5, 0.6) is 11.5 Å². The summed E-state index contributed by atoms with van der Waals surface area (Å²) in [6.45, 7) is 22.9. The second-order valence-electron chi connectivity index (χ2n) is 23.5. The van der Waals surface area contributed by atoms with Crippen LogP contribution in [0.15, 0.2) is 218 Å². The Labute approximate surface area is 501 Å². The van der Waals surface area contributed by atoms with Crippen molar-refractivity contribution in [1.29, 1.82) is 0 Å². The molecule has 0 radical (unpaired) electrons. The van der Waals surface area contributed by atoms with Gasteiger partial charge in [-0.1, -0.05) is 232 Å². The van der Waals surface area contributed by atoms with Gasteiger partial charge in [0.2, 0.25) is 0 Å². The Bertz CT molecular complexity index is 4470. The molecule has 0 spiro atoms. The van der Waals surface area contributed by atoms with Crippen LogP contribution in [0.1, 0.15) is 116 Å². The molecule has 12 rings (SSSR count). The van der Waals surface area contributed by atoms with Gasteiger partial charge in [-0.15, -0.1) is 53.6 Å². The number of rotatable bonds is 11. The van der Waals surface area contributed by atoms with Gasteiger partial charge in [0, 0.05) is 83.3 Å². The third-order valence-corrected chi connectivity index (χ3v) is 15.6. The number of para-hydroxylation sites is 3. The summed E-state index contributed by atoms with van der Waals surface area (Å²) in [7, 11) is 0. The number of anilines is 4. The van der Waals surface area contributed by atoms with E-state index in [2.05, 4.69) is 76.4 Å². The molecule has 1 aliphatic heterocycles. The Kier molecular flexibility index (Phi) is 11.2. The van der Waals surface area contributed by atoms with E-state index in [1.54, 1.807) is 0 Å². The summed E-state index contributed by atoms with van der Waals surface area (Å²) in [4.78, 5) is 8.74. The molecule has 11 aromatic rings. The van der Waals surface area contributed by atoms with Gasteiger partial charge in [0.25, 0.3) is 0 Å². The van der Waals surface area contributed by atoms with E-state index in [9.17, 15) is 11.0 Å². The molecule has 5 nitrogen and oxygen atoms in total. The molecule has 80 heavy (non-hydrogen) atoms. The number of pyridine rings is 1. The molecular formula is C74H67N4OPt-3. The van der Waals surface area contributed by atoms with Crippen LogP contribution in [0.25, 0.3) is 49.9 Å². The maximum Gasteiger partial charge on any atom is 0.135 e. The summed E-state index contributed by atoms with van der Waals surface area (Å²) in [6.07, 6.45) is 1.85. The van der Waals surface area contributed by atoms with Gasteiger partial charge in [0.1, 0.15) is 5.82 Å². The van der Waals surface area contributed by atoms with Crippen LogP contribution >= 0.6 is 0 Å². The molecule has 0 atom stereocenters. The first-order valence-corrected chi connectivity index (χ1v) is 26.8. The predicted octanol–water partition coefficient (Wildman–Crippen LogP) is 19.6. The fourth-order valence-corrected chi connectivity index (χ4v) is 11.1. The van der Waals surface area contributed by atoms with Crippen LogP contribution in [-0.2, 0) is 42.7 Å². The van der Waals surface area contributed by atoms with Gasteiger partial charge >= 0.3 is 0 Å². The number of hydrogen-bond donors (Lipinski definition) is 0. The maximum atomic E-state index is 9.89.